The summed E-state index contributed by atoms with van der Waals surface area (Å²) in [5.41, 5.74) is 1.58. The molecule has 7 nitrogen and oxygen atoms in total. The molecule has 16 heavy (non-hydrogen) atoms. The van der Waals surface area contributed by atoms with Gasteiger partial charge < -0.3 is 5.32 Å². The lowest BCUT2D eigenvalue weighted by Gasteiger charge is -2.05. The van der Waals surface area contributed by atoms with Crippen LogP contribution in [0.1, 0.15) is 11.4 Å². The summed E-state index contributed by atoms with van der Waals surface area (Å²) in [5.74, 6) is 0.401. The smallest absolute Gasteiger partial charge is 0.243 e. The third-order valence-electron chi connectivity index (χ3n) is 1.86. The minimum atomic E-state index is -3.14. The van der Waals surface area contributed by atoms with Crippen LogP contribution < -0.4 is 10.0 Å². The molecule has 0 fully saturated rings. The number of hydrogen-bond donors (Lipinski definition) is 2. The van der Waals surface area contributed by atoms with Gasteiger partial charge in [-0.25, -0.2) is 18.1 Å². The second-order valence-electron chi connectivity index (χ2n) is 3.40. The van der Waals surface area contributed by atoms with E-state index in [1.807, 2.05) is 13.8 Å². The van der Waals surface area contributed by atoms with Crippen LogP contribution in [0.25, 0.3) is 0 Å². The van der Waals surface area contributed by atoms with Crippen LogP contribution in [0, 0.1) is 13.8 Å². The number of anilines is 1. The topological polar surface area (TPSA) is 96.9 Å². The summed E-state index contributed by atoms with van der Waals surface area (Å²) in [6, 6.07) is 0. The van der Waals surface area contributed by atoms with Crippen molar-refractivity contribution >= 4 is 16.0 Å². The quantitative estimate of drug-likeness (QED) is 0.676. The Kier molecular flexibility index (Phi) is 4.13. The summed E-state index contributed by atoms with van der Waals surface area (Å²) in [6.07, 6.45) is 1.11. The Morgan fingerprint density at radius 2 is 1.81 bits per heavy atom. The van der Waals surface area contributed by atoms with Crippen molar-refractivity contribution in [3.63, 3.8) is 0 Å². The molecule has 90 valence electrons. The molecular formula is C8H15N5O2S. The van der Waals surface area contributed by atoms with Crippen molar-refractivity contribution in [1.29, 1.82) is 0 Å². The zero-order chi connectivity index (χ0) is 12.2. The Labute approximate surface area is 94.7 Å². The fraction of sp³-hybridized carbons (Fsp3) is 0.625. The molecule has 0 atom stereocenters. The molecule has 0 bridgehead atoms. The first-order valence-corrected chi connectivity index (χ1v) is 6.64. The van der Waals surface area contributed by atoms with Crippen LogP contribution in [-0.2, 0) is 10.0 Å². The van der Waals surface area contributed by atoms with Gasteiger partial charge in [-0.1, -0.05) is 0 Å². The molecule has 0 aliphatic heterocycles. The Hall–Kier alpha value is -1.28. The van der Waals surface area contributed by atoms with Gasteiger partial charge in [0.25, 0.3) is 0 Å². The van der Waals surface area contributed by atoms with E-state index in [4.69, 9.17) is 0 Å². The van der Waals surface area contributed by atoms with Gasteiger partial charge in [-0.2, -0.15) is 5.10 Å². The molecule has 0 saturated carbocycles. The first-order valence-electron chi connectivity index (χ1n) is 4.75. The summed E-state index contributed by atoms with van der Waals surface area (Å²) in [4.78, 5) is 4.14. The third-order valence-corrected chi connectivity index (χ3v) is 2.59. The van der Waals surface area contributed by atoms with Crippen LogP contribution in [0.2, 0.25) is 0 Å². The number of rotatable bonds is 5. The molecule has 0 amide bonds. The fourth-order valence-corrected chi connectivity index (χ4v) is 1.42. The van der Waals surface area contributed by atoms with Crippen LogP contribution in [0.3, 0.4) is 0 Å². The van der Waals surface area contributed by atoms with Crippen LogP contribution in [0.4, 0.5) is 5.95 Å². The first-order chi connectivity index (χ1) is 7.38. The van der Waals surface area contributed by atoms with Crippen LogP contribution >= 0.6 is 0 Å². The molecule has 0 aliphatic rings. The van der Waals surface area contributed by atoms with Crippen LogP contribution in [-0.4, -0.2) is 42.9 Å². The van der Waals surface area contributed by atoms with Gasteiger partial charge in [0.05, 0.1) is 17.6 Å². The number of sulfonamides is 1. The summed E-state index contributed by atoms with van der Waals surface area (Å²) in [6.45, 7) is 4.36. The molecular weight excluding hydrogens is 230 g/mol. The molecule has 0 radical (unpaired) electrons. The zero-order valence-corrected chi connectivity index (χ0v) is 10.3. The largest absolute Gasteiger partial charge is 0.352 e. The summed E-state index contributed by atoms with van der Waals surface area (Å²) in [5, 5.41) is 10.6. The maximum atomic E-state index is 10.8. The average Bonchev–Trinajstić information content (AvgIpc) is 2.17. The maximum Gasteiger partial charge on any atom is 0.243 e. The normalized spacial score (nSPS) is 11.4. The fourth-order valence-electron chi connectivity index (χ4n) is 0.942. The van der Waals surface area contributed by atoms with E-state index in [9.17, 15) is 8.42 Å². The minimum Gasteiger partial charge on any atom is -0.352 e. The molecule has 8 heteroatoms. The Morgan fingerprint density at radius 3 is 2.38 bits per heavy atom. The zero-order valence-electron chi connectivity index (χ0n) is 9.48. The lowest BCUT2D eigenvalue weighted by molar-refractivity contribution is 0.589. The van der Waals surface area contributed by atoms with E-state index in [0.29, 0.717) is 12.5 Å². The van der Waals surface area contributed by atoms with Crippen molar-refractivity contribution in [3.8, 4) is 0 Å². The molecule has 1 rings (SSSR count). The van der Waals surface area contributed by atoms with Crippen molar-refractivity contribution in [2.75, 3.05) is 24.7 Å². The van der Waals surface area contributed by atoms with Gasteiger partial charge in [0.2, 0.25) is 16.0 Å². The van der Waals surface area contributed by atoms with Gasteiger partial charge in [-0.3, -0.25) is 0 Å². The number of nitrogens with zero attached hydrogens (tertiary/aromatic N) is 3. The van der Waals surface area contributed by atoms with E-state index in [0.717, 1.165) is 17.6 Å². The second kappa shape index (κ2) is 5.17. The standard InChI is InChI=1S/C8H15N5O2S/c1-6-7(2)12-13-8(11-6)9-4-5-10-16(3,14)15/h10H,4-5H2,1-3H3,(H,9,11,13). The molecule has 0 aromatic carbocycles. The van der Waals surface area contributed by atoms with Crippen LogP contribution in [0.15, 0.2) is 0 Å². The van der Waals surface area contributed by atoms with Gasteiger partial charge in [0.15, 0.2) is 0 Å². The Morgan fingerprint density at radius 1 is 1.12 bits per heavy atom. The van der Waals surface area contributed by atoms with Gasteiger partial charge in [-0.05, 0) is 13.8 Å². The predicted molar refractivity (Wildman–Crippen MR) is 60.6 cm³/mol. The van der Waals surface area contributed by atoms with Gasteiger partial charge in [0, 0.05) is 13.1 Å². The SMILES string of the molecule is Cc1nnc(NCCNS(C)(=O)=O)nc1C. The van der Waals surface area contributed by atoms with Crippen molar-refractivity contribution in [2.24, 2.45) is 0 Å². The second-order valence-corrected chi connectivity index (χ2v) is 5.23. The van der Waals surface area contributed by atoms with Crippen molar-refractivity contribution in [1.82, 2.24) is 19.9 Å². The molecule has 0 unspecified atom stereocenters. The highest BCUT2D eigenvalue weighted by Gasteiger charge is 2.02. The summed E-state index contributed by atoms with van der Waals surface area (Å²) >= 11 is 0. The predicted octanol–water partition coefficient (Wildman–Crippen LogP) is -0.550. The first kappa shape index (κ1) is 12.8. The maximum absolute atomic E-state index is 10.8. The third kappa shape index (κ3) is 4.49. The molecule has 2 N–H and O–H groups in total. The summed E-state index contributed by atoms with van der Waals surface area (Å²) < 4.78 is 23.9. The number of aryl methyl sites for hydroxylation is 2. The molecule has 1 aromatic heterocycles. The van der Waals surface area contributed by atoms with Crippen molar-refractivity contribution < 1.29 is 8.42 Å². The van der Waals surface area contributed by atoms with E-state index < -0.39 is 10.0 Å². The highest BCUT2D eigenvalue weighted by molar-refractivity contribution is 7.88. The lowest BCUT2D eigenvalue weighted by Crippen LogP contribution is -2.28. The molecule has 0 aliphatic carbocycles. The van der Waals surface area contributed by atoms with E-state index in [1.54, 1.807) is 0 Å². The number of aromatic nitrogens is 3. The Bertz CT molecular complexity index is 459. The van der Waals surface area contributed by atoms with E-state index in [2.05, 4.69) is 25.2 Å². The number of hydrogen-bond acceptors (Lipinski definition) is 6. The van der Waals surface area contributed by atoms with Gasteiger partial charge >= 0.3 is 0 Å². The lowest BCUT2D eigenvalue weighted by atomic mass is 10.4. The molecule has 0 saturated heterocycles. The highest BCUT2D eigenvalue weighted by atomic mass is 32.2. The Balaban J connectivity index is 2.41. The van der Waals surface area contributed by atoms with Gasteiger partial charge in [0.1, 0.15) is 0 Å². The van der Waals surface area contributed by atoms with E-state index >= 15 is 0 Å². The highest BCUT2D eigenvalue weighted by Crippen LogP contribution is 2.00. The molecule has 0 spiro atoms. The van der Waals surface area contributed by atoms with Crippen LogP contribution in [0.5, 0.6) is 0 Å². The molecule has 1 aromatic rings. The van der Waals surface area contributed by atoms with E-state index in [1.165, 1.54) is 0 Å². The number of nitrogens with one attached hydrogen (secondary N) is 2. The minimum absolute atomic E-state index is 0.287. The molecule has 1 heterocycles. The van der Waals surface area contributed by atoms with Crippen molar-refractivity contribution in [2.45, 2.75) is 13.8 Å². The van der Waals surface area contributed by atoms with Gasteiger partial charge in [-0.15, -0.1) is 5.10 Å². The monoisotopic (exact) mass is 245 g/mol. The summed E-state index contributed by atoms with van der Waals surface area (Å²) in [7, 11) is -3.14. The van der Waals surface area contributed by atoms with E-state index in [-0.39, 0.29) is 6.54 Å². The van der Waals surface area contributed by atoms with Crippen molar-refractivity contribution in [3.05, 3.63) is 11.4 Å². The average molecular weight is 245 g/mol.